The molecule has 1 aliphatic rings. The summed E-state index contributed by atoms with van der Waals surface area (Å²) < 4.78 is 37.5. The van der Waals surface area contributed by atoms with E-state index >= 15 is 0 Å². The smallest absolute Gasteiger partial charge is 0.319 e. The number of alkyl halides is 3. The van der Waals surface area contributed by atoms with E-state index in [9.17, 15) is 22.8 Å². The van der Waals surface area contributed by atoms with E-state index < -0.39 is 35.8 Å². The lowest BCUT2D eigenvalue weighted by molar-refractivity contribution is -0.137. The van der Waals surface area contributed by atoms with E-state index in [2.05, 4.69) is 5.32 Å². The fraction of sp³-hybridized carbons (Fsp3) is 0.308. The molecule has 0 saturated carbocycles. The summed E-state index contributed by atoms with van der Waals surface area (Å²) in [5.41, 5.74) is -2.10. The molecule has 3 amide bonds. The van der Waals surface area contributed by atoms with Crippen LogP contribution in [0.4, 0.5) is 18.0 Å². The molecule has 1 atom stereocenters. The second-order valence-electron chi connectivity index (χ2n) is 4.68. The van der Waals surface area contributed by atoms with Crippen LogP contribution in [-0.4, -0.2) is 23.4 Å². The van der Waals surface area contributed by atoms with Crippen LogP contribution in [0.5, 0.6) is 0 Å². The zero-order valence-corrected chi connectivity index (χ0v) is 10.9. The molecule has 0 spiro atoms. The first-order valence-electron chi connectivity index (χ1n) is 5.89. The number of imide groups is 1. The monoisotopic (exact) mass is 297 g/mol. The quantitative estimate of drug-likeness (QED) is 0.670. The summed E-state index contributed by atoms with van der Waals surface area (Å²) in [4.78, 5) is 24.6. The standard InChI is InChI=1S/C13H10F3N3O2/c1-12(10(20)19(7-6-17)11(21)18-12)8-2-4-9(5-3-8)13(14,15)16/h2-5H,7H2,1H3,(H,18,21)/t12-/m0/s1. The molecule has 0 aliphatic carbocycles. The van der Waals surface area contributed by atoms with Crippen molar-refractivity contribution in [3.63, 3.8) is 0 Å². The van der Waals surface area contributed by atoms with Crippen molar-refractivity contribution in [3.05, 3.63) is 35.4 Å². The molecule has 5 nitrogen and oxygen atoms in total. The third kappa shape index (κ3) is 2.42. The third-order valence-electron chi connectivity index (χ3n) is 3.29. The number of nitrogens with one attached hydrogen (secondary N) is 1. The molecular formula is C13H10F3N3O2. The topological polar surface area (TPSA) is 73.2 Å². The van der Waals surface area contributed by atoms with Gasteiger partial charge in [0.1, 0.15) is 12.1 Å². The molecule has 1 aromatic carbocycles. The Bertz CT molecular complexity index is 634. The van der Waals surface area contributed by atoms with Gasteiger partial charge in [0.15, 0.2) is 0 Å². The van der Waals surface area contributed by atoms with E-state index in [0.29, 0.717) is 0 Å². The molecule has 1 N–H and O–H groups in total. The van der Waals surface area contributed by atoms with Gasteiger partial charge >= 0.3 is 12.2 Å². The fourth-order valence-corrected chi connectivity index (χ4v) is 2.10. The van der Waals surface area contributed by atoms with Crippen LogP contribution in [0.1, 0.15) is 18.1 Å². The van der Waals surface area contributed by atoms with Gasteiger partial charge in [-0.2, -0.15) is 18.4 Å². The second-order valence-corrected chi connectivity index (χ2v) is 4.68. The lowest BCUT2D eigenvalue weighted by atomic mass is 9.91. The third-order valence-corrected chi connectivity index (χ3v) is 3.29. The lowest BCUT2D eigenvalue weighted by Gasteiger charge is -2.22. The highest BCUT2D eigenvalue weighted by atomic mass is 19.4. The Kier molecular flexibility index (Phi) is 3.37. The predicted octanol–water partition coefficient (Wildman–Crippen LogP) is 2.00. The minimum Gasteiger partial charge on any atom is -0.319 e. The van der Waals surface area contributed by atoms with Gasteiger partial charge in [-0.3, -0.25) is 4.79 Å². The van der Waals surface area contributed by atoms with Crippen LogP contribution in [0.25, 0.3) is 0 Å². The van der Waals surface area contributed by atoms with Crippen molar-refractivity contribution in [2.24, 2.45) is 0 Å². The van der Waals surface area contributed by atoms with Crippen LogP contribution >= 0.6 is 0 Å². The molecule has 0 radical (unpaired) electrons. The molecule has 1 fully saturated rings. The summed E-state index contributed by atoms with van der Waals surface area (Å²) >= 11 is 0. The van der Waals surface area contributed by atoms with E-state index in [4.69, 9.17) is 5.26 Å². The van der Waals surface area contributed by atoms with Crippen LogP contribution < -0.4 is 5.32 Å². The van der Waals surface area contributed by atoms with Gasteiger partial charge in [0.05, 0.1) is 11.6 Å². The van der Waals surface area contributed by atoms with Crippen LogP contribution in [0.2, 0.25) is 0 Å². The number of hydrogen-bond donors (Lipinski definition) is 1. The summed E-state index contributed by atoms with van der Waals surface area (Å²) in [6, 6.07) is 4.89. The molecule has 0 unspecified atom stereocenters. The summed E-state index contributed by atoms with van der Waals surface area (Å²) in [6.45, 7) is 0.966. The maximum Gasteiger partial charge on any atom is 0.416 e. The molecule has 1 saturated heterocycles. The molecule has 110 valence electrons. The van der Waals surface area contributed by atoms with Crippen molar-refractivity contribution in [2.45, 2.75) is 18.6 Å². The normalized spacial score (nSPS) is 22.1. The average molecular weight is 297 g/mol. The molecule has 0 bridgehead atoms. The van der Waals surface area contributed by atoms with Gasteiger partial charge in [0.2, 0.25) is 0 Å². The number of halogens is 3. The molecular weight excluding hydrogens is 287 g/mol. The van der Waals surface area contributed by atoms with Gasteiger partial charge in [-0.1, -0.05) is 12.1 Å². The van der Waals surface area contributed by atoms with Crippen molar-refractivity contribution in [3.8, 4) is 6.07 Å². The number of carbonyl (C=O) groups is 2. The lowest BCUT2D eigenvalue weighted by Crippen LogP contribution is -2.41. The Labute approximate surface area is 118 Å². The van der Waals surface area contributed by atoms with Gasteiger partial charge in [-0.25, -0.2) is 9.69 Å². The minimum absolute atomic E-state index is 0.217. The molecule has 0 aromatic heterocycles. The number of urea groups is 1. The van der Waals surface area contributed by atoms with Gasteiger partial charge in [0, 0.05) is 0 Å². The van der Waals surface area contributed by atoms with Crippen LogP contribution in [0, 0.1) is 11.3 Å². The summed E-state index contributed by atoms with van der Waals surface area (Å²) in [5.74, 6) is -0.672. The van der Waals surface area contributed by atoms with E-state index in [1.807, 2.05) is 0 Å². The predicted molar refractivity (Wildman–Crippen MR) is 64.7 cm³/mol. The summed E-state index contributed by atoms with van der Waals surface area (Å²) in [5, 5.41) is 11.0. The SMILES string of the molecule is C[C@@]1(c2ccc(C(F)(F)F)cc2)NC(=O)N(CC#N)C1=O. The van der Waals surface area contributed by atoms with E-state index in [-0.39, 0.29) is 5.56 Å². The van der Waals surface area contributed by atoms with Crippen LogP contribution in [-0.2, 0) is 16.5 Å². The number of carbonyl (C=O) groups excluding carboxylic acids is 2. The number of rotatable bonds is 2. The van der Waals surface area contributed by atoms with E-state index in [1.165, 1.54) is 6.92 Å². The van der Waals surface area contributed by atoms with Crippen molar-refractivity contribution < 1.29 is 22.8 Å². The van der Waals surface area contributed by atoms with Gasteiger partial charge < -0.3 is 5.32 Å². The number of amides is 3. The molecule has 21 heavy (non-hydrogen) atoms. The average Bonchev–Trinajstić information content (AvgIpc) is 2.63. The maximum absolute atomic E-state index is 12.5. The summed E-state index contributed by atoms with van der Waals surface area (Å²) in [6.07, 6.45) is -4.48. The molecule has 1 aliphatic heterocycles. The van der Waals surface area contributed by atoms with Gasteiger partial charge in [-0.05, 0) is 24.6 Å². The van der Waals surface area contributed by atoms with Crippen LogP contribution in [0.3, 0.4) is 0 Å². The van der Waals surface area contributed by atoms with E-state index in [1.54, 1.807) is 6.07 Å². The Morgan fingerprint density at radius 1 is 1.29 bits per heavy atom. The van der Waals surface area contributed by atoms with Crippen molar-refractivity contribution in [2.75, 3.05) is 6.54 Å². The first-order chi connectivity index (χ1) is 9.70. The minimum atomic E-state index is -4.48. The first-order valence-corrected chi connectivity index (χ1v) is 5.89. The Hall–Kier alpha value is -2.56. The molecule has 8 heteroatoms. The first kappa shape index (κ1) is 14.8. The van der Waals surface area contributed by atoms with Crippen molar-refractivity contribution >= 4 is 11.9 Å². The maximum atomic E-state index is 12.5. The molecule has 2 rings (SSSR count). The summed E-state index contributed by atoms with van der Waals surface area (Å²) in [7, 11) is 0. The number of hydrogen-bond acceptors (Lipinski definition) is 3. The largest absolute Gasteiger partial charge is 0.416 e. The number of nitrogens with zero attached hydrogens (tertiary/aromatic N) is 2. The number of nitriles is 1. The second kappa shape index (κ2) is 4.77. The van der Waals surface area contributed by atoms with Gasteiger partial charge in [-0.15, -0.1) is 0 Å². The molecule has 1 aromatic rings. The van der Waals surface area contributed by atoms with Crippen molar-refractivity contribution in [1.82, 2.24) is 10.2 Å². The highest BCUT2D eigenvalue weighted by molar-refractivity contribution is 6.07. The van der Waals surface area contributed by atoms with Crippen molar-refractivity contribution in [1.29, 1.82) is 5.26 Å². The van der Waals surface area contributed by atoms with Crippen LogP contribution in [0.15, 0.2) is 24.3 Å². The highest BCUT2D eigenvalue weighted by Gasteiger charge is 2.49. The molecule has 1 heterocycles. The van der Waals surface area contributed by atoms with Gasteiger partial charge in [0.25, 0.3) is 5.91 Å². The Morgan fingerprint density at radius 2 is 1.86 bits per heavy atom. The number of benzene rings is 1. The Balaban J connectivity index is 2.36. The fourth-order valence-electron chi connectivity index (χ4n) is 2.10. The zero-order valence-electron chi connectivity index (χ0n) is 10.9. The van der Waals surface area contributed by atoms with E-state index in [0.717, 1.165) is 29.2 Å². The Morgan fingerprint density at radius 3 is 2.33 bits per heavy atom. The highest BCUT2D eigenvalue weighted by Crippen LogP contribution is 2.33. The zero-order chi connectivity index (χ0) is 15.8.